The number of rotatable bonds is 3. The number of nitrogens with one attached hydrogen (secondary N) is 1. The number of benzene rings is 1. The predicted molar refractivity (Wildman–Crippen MR) is 78.8 cm³/mol. The number of halogens is 1. The molecular formula is C14H15FN4S. The van der Waals surface area contributed by atoms with Crippen LogP contribution in [0, 0.1) is 17.5 Å². The molecule has 104 valence electrons. The number of aromatic amines is 1. The van der Waals surface area contributed by atoms with E-state index >= 15 is 0 Å². The van der Waals surface area contributed by atoms with Crippen LogP contribution in [0.15, 0.2) is 24.3 Å². The minimum Gasteiger partial charge on any atom is -0.328 e. The highest BCUT2D eigenvalue weighted by Crippen LogP contribution is 2.20. The summed E-state index contributed by atoms with van der Waals surface area (Å²) in [6.45, 7) is 5.10. The number of H-pyrrole nitrogens is 1. The molecule has 1 N–H and O–H groups in total. The Hall–Kier alpha value is -1.95. The van der Waals surface area contributed by atoms with Crippen molar-refractivity contribution >= 4 is 23.4 Å². The summed E-state index contributed by atoms with van der Waals surface area (Å²) in [5.41, 5.74) is 3.36. The zero-order valence-corrected chi connectivity index (χ0v) is 12.2. The van der Waals surface area contributed by atoms with Gasteiger partial charge >= 0.3 is 0 Å². The highest BCUT2D eigenvalue weighted by molar-refractivity contribution is 7.71. The minimum atomic E-state index is -0.219. The van der Waals surface area contributed by atoms with Crippen molar-refractivity contribution in [3.8, 4) is 0 Å². The lowest BCUT2D eigenvalue weighted by Crippen LogP contribution is -2.07. The summed E-state index contributed by atoms with van der Waals surface area (Å²) in [6.07, 6.45) is 0. The van der Waals surface area contributed by atoms with Gasteiger partial charge in [0.2, 0.25) is 0 Å². The average molecular weight is 290 g/mol. The molecule has 0 atom stereocenters. The first-order valence-electron chi connectivity index (χ1n) is 6.51. The van der Waals surface area contributed by atoms with Crippen LogP contribution in [0.3, 0.4) is 0 Å². The summed E-state index contributed by atoms with van der Waals surface area (Å²) >= 11 is 5.36. The molecule has 6 heteroatoms. The van der Waals surface area contributed by atoms with Gasteiger partial charge in [-0.25, -0.2) is 9.07 Å². The number of nitrogens with zero attached hydrogens (tertiary/aromatic N) is 3. The molecule has 4 nitrogen and oxygen atoms in total. The van der Waals surface area contributed by atoms with E-state index in [4.69, 9.17) is 12.2 Å². The Morgan fingerprint density at radius 1 is 1.35 bits per heavy atom. The summed E-state index contributed by atoms with van der Waals surface area (Å²) < 4.78 is 18.2. The lowest BCUT2D eigenvalue weighted by Gasteiger charge is -2.07. The van der Waals surface area contributed by atoms with Gasteiger partial charge in [-0.2, -0.15) is 5.10 Å². The maximum Gasteiger partial charge on any atom is 0.179 e. The maximum absolute atomic E-state index is 13.8. The van der Waals surface area contributed by atoms with E-state index in [1.807, 2.05) is 29.2 Å². The van der Waals surface area contributed by atoms with Gasteiger partial charge in [0, 0.05) is 12.1 Å². The smallest absolute Gasteiger partial charge is 0.179 e. The third-order valence-corrected chi connectivity index (χ3v) is 3.74. The van der Waals surface area contributed by atoms with Crippen molar-refractivity contribution in [1.82, 2.24) is 19.3 Å². The van der Waals surface area contributed by atoms with Crippen LogP contribution in [0.25, 0.3) is 11.2 Å². The molecule has 3 aromatic rings. The van der Waals surface area contributed by atoms with E-state index in [0.717, 1.165) is 23.4 Å². The molecule has 2 heterocycles. The van der Waals surface area contributed by atoms with Crippen molar-refractivity contribution in [2.24, 2.45) is 0 Å². The van der Waals surface area contributed by atoms with Crippen LogP contribution in [0.5, 0.6) is 0 Å². The number of aryl methyl sites for hydroxylation is 2. The molecule has 0 amide bonds. The van der Waals surface area contributed by atoms with E-state index in [9.17, 15) is 4.39 Å². The third kappa shape index (κ3) is 1.96. The SMILES string of the molecule is CCn1nc(C)c2[nH]c(=S)n(Cc3ccccc3F)c21. The number of hydrogen-bond acceptors (Lipinski definition) is 2. The lowest BCUT2D eigenvalue weighted by atomic mass is 10.2. The molecule has 0 aliphatic rings. The van der Waals surface area contributed by atoms with Crippen molar-refractivity contribution in [1.29, 1.82) is 0 Å². The van der Waals surface area contributed by atoms with Gasteiger partial charge in [0.15, 0.2) is 10.4 Å². The Kier molecular flexibility index (Phi) is 3.17. The molecule has 0 saturated carbocycles. The standard InChI is InChI=1S/C14H15FN4S/c1-3-19-13-12(9(2)17-19)16-14(20)18(13)8-10-6-4-5-7-11(10)15/h4-7H,3,8H2,1-2H3,(H,16,20). The molecule has 0 bridgehead atoms. The van der Waals surface area contributed by atoms with Gasteiger partial charge in [-0.15, -0.1) is 0 Å². The second kappa shape index (κ2) is 4.86. The second-order valence-corrected chi connectivity index (χ2v) is 5.09. The molecule has 0 radical (unpaired) electrons. The summed E-state index contributed by atoms with van der Waals surface area (Å²) in [5, 5.41) is 4.46. The molecule has 0 spiro atoms. The van der Waals surface area contributed by atoms with Crippen molar-refractivity contribution in [2.75, 3.05) is 0 Å². The second-order valence-electron chi connectivity index (χ2n) is 4.71. The van der Waals surface area contributed by atoms with Gasteiger partial charge in [0.1, 0.15) is 11.3 Å². The van der Waals surface area contributed by atoms with Crippen LogP contribution in [-0.4, -0.2) is 19.3 Å². The van der Waals surface area contributed by atoms with E-state index in [2.05, 4.69) is 10.1 Å². The largest absolute Gasteiger partial charge is 0.328 e. The molecule has 0 fully saturated rings. The van der Waals surface area contributed by atoms with Crippen LogP contribution < -0.4 is 0 Å². The Labute approximate surface area is 120 Å². The normalized spacial score (nSPS) is 11.3. The van der Waals surface area contributed by atoms with Gasteiger partial charge in [-0.1, -0.05) is 18.2 Å². The Bertz CT molecular complexity index is 827. The fourth-order valence-electron chi connectivity index (χ4n) is 2.42. The third-order valence-electron chi connectivity index (χ3n) is 3.42. The summed E-state index contributed by atoms with van der Waals surface area (Å²) in [4.78, 5) is 3.16. The van der Waals surface area contributed by atoms with Gasteiger partial charge in [0.25, 0.3) is 0 Å². The van der Waals surface area contributed by atoms with Gasteiger partial charge in [-0.3, -0.25) is 4.57 Å². The number of fused-ring (bicyclic) bond motifs is 1. The molecule has 0 aliphatic carbocycles. The lowest BCUT2D eigenvalue weighted by molar-refractivity contribution is 0.593. The molecule has 2 aromatic heterocycles. The average Bonchev–Trinajstić information content (AvgIpc) is 2.91. The molecule has 0 saturated heterocycles. The summed E-state index contributed by atoms with van der Waals surface area (Å²) in [7, 11) is 0. The van der Waals surface area contributed by atoms with Gasteiger partial charge in [-0.05, 0) is 32.1 Å². The first-order chi connectivity index (χ1) is 9.61. The number of hydrogen-bond donors (Lipinski definition) is 1. The van der Waals surface area contributed by atoms with Crippen LogP contribution in [-0.2, 0) is 13.1 Å². The minimum absolute atomic E-state index is 0.219. The Morgan fingerprint density at radius 3 is 2.80 bits per heavy atom. The molecular weight excluding hydrogens is 275 g/mol. The predicted octanol–water partition coefficient (Wildman–Crippen LogP) is 3.41. The first kappa shape index (κ1) is 13.1. The zero-order valence-electron chi connectivity index (χ0n) is 11.4. The molecule has 20 heavy (non-hydrogen) atoms. The molecule has 1 aromatic carbocycles. The van der Waals surface area contributed by atoms with E-state index in [1.165, 1.54) is 6.07 Å². The van der Waals surface area contributed by atoms with Crippen LogP contribution in [0.4, 0.5) is 4.39 Å². The van der Waals surface area contributed by atoms with Gasteiger partial charge in [0.05, 0.1) is 12.2 Å². The quantitative estimate of drug-likeness (QED) is 0.751. The van der Waals surface area contributed by atoms with Crippen molar-refractivity contribution in [2.45, 2.75) is 26.9 Å². The zero-order chi connectivity index (χ0) is 14.3. The van der Waals surface area contributed by atoms with Crippen molar-refractivity contribution in [3.63, 3.8) is 0 Å². The fourth-order valence-corrected chi connectivity index (χ4v) is 2.68. The van der Waals surface area contributed by atoms with Crippen LogP contribution in [0.1, 0.15) is 18.2 Å². The highest BCUT2D eigenvalue weighted by atomic mass is 32.1. The molecule has 0 aliphatic heterocycles. The van der Waals surface area contributed by atoms with E-state index in [0.29, 0.717) is 16.9 Å². The summed E-state index contributed by atoms with van der Waals surface area (Å²) in [6, 6.07) is 6.75. The molecule has 0 unspecified atom stereocenters. The number of aromatic nitrogens is 4. The monoisotopic (exact) mass is 290 g/mol. The van der Waals surface area contributed by atoms with E-state index < -0.39 is 0 Å². The fraction of sp³-hybridized carbons (Fsp3) is 0.286. The Morgan fingerprint density at radius 2 is 2.10 bits per heavy atom. The van der Waals surface area contributed by atoms with Crippen molar-refractivity contribution in [3.05, 3.63) is 46.1 Å². The van der Waals surface area contributed by atoms with Crippen LogP contribution in [0.2, 0.25) is 0 Å². The maximum atomic E-state index is 13.8. The van der Waals surface area contributed by atoms with Crippen molar-refractivity contribution < 1.29 is 4.39 Å². The van der Waals surface area contributed by atoms with E-state index in [-0.39, 0.29) is 5.82 Å². The summed E-state index contributed by atoms with van der Waals surface area (Å²) in [5.74, 6) is -0.219. The van der Waals surface area contributed by atoms with Crippen LogP contribution >= 0.6 is 12.2 Å². The number of imidazole rings is 1. The molecule has 3 rings (SSSR count). The topological polar surface area (TPSA) is 38.5 Å². The van der Waals surface area contributed by atoms with Gasteiger partial charge < -0.3 is 4.98 Å². The van der Waals surface area contributed by atoms with E-state index in [1.54, 1.807) is 12.1 Å². The Balaban J connectivity index is 2.19. The first-order valence-corrected chi connectivity index (χ1v) is 6.92. The highest BCUT2D eigenvalue weighted by Gasteiger charge is 2.14.